The van der Waals surface area contributed by atoms with Crippen LogP contribution in [0.1, 0.15) is 50.4 Å². The Morgan fingerprint density at radius 2 is 1.52 bits per heavy atom. The van der Waals surface area contributed by atoms with Gasteiger partial charge in [-0.1, -0.05) is 48.9 Å². The van der Waals surface area contributed by atoms with Crippen molar-refractivity contribution >= 4 is 28.2 Å². The predicted octanol–water partition coefficient (Wildman–Crippen LogP) is 5.30. The van der Waals surface area contributed by atoms with E-state index >= 15 is 0 Å². The molecule has 1 aliphatic carbocycles. The summed E-state index contributed by atoms with van der Waals surface area (Å²) < 4.78 is 0. The molecule has 4 nitrogen and oxygen atoms in total. The molecule has 0 fully saturated rings. The van der Waals surface area contributed by atoms with Crippen LogP contribution < -0.4 is 10.6 Å². The summed E-state index contributed by atoms with van der Waals surface area (Å²) in [5.74, 6) is -0.315. The third-order valence-corrected chi connectivity index (χ3v) is 6.56. The highest BCUT2D eigenvalue weighted by Crippen LogP contribution is 2.37. The minimum atomic E-state index is -0.189. The zero-order valence-electron chi connectivity index (χ0n) is 16.5. The standard InChI is InChI=1S/C24H24N2O2S/c1-25-23(28)21-19-10-6-3-7-11-20(19)29-24(21)26-22(27)18-14-12-17(13-15-18)16-8-4-2-5-9-16/h2,4-5,8-9,12-15H,3,6-7,10-11H2,1H3,(H,25,28)(H,26,27). The molecule has 2 amide bonds. The number of amides is 2. The fourth-order valence-electron chi connectivity index (χ4n) is 3.82. The fourth-order valence-corrected chi connectivity index (χ4v) is 5.10. The lowest BCUT2D eigenvalue weighted by Gasteiger charge is -2.09. The van der Waals surface area contributed by atoms with Crippen LogP contribution in [0.4, 0.5) is 5.00 Å². The van der Waals surface area contributed by atoms with E-state index in [0.29, 0.717) is 16.1 Å². The molecule has 0 radical (unpaired) electrons. The molecule has 0 saturated carbocycles. The van der Waals surface area contributed by atoms with Crippen molar-refractivity contribution in [2.24, 2.45) is 0 Å². The Balaban J connectivity index is 1.59. The average Bonchev–Trinajstić information content (AvgIpc) is 2.94. The molecule has 0 unspecified atom stereocenters. The van der Waals surface area contributed by atoms with Crippen molar-refractivity contribution in [3.05, 3.63) is 76.2 Å². The number of hydrogen-bond donors (Lipinski definition) is 2. The van der Waals surface area contributed by atoms with E-state index in [2.05, 4.69) is 10.6 Å². The molecule has 3 aromatic rings. The number of fused-ring (bicyclic) bond motifs is 1. The van der Waals surface area contributed by atoms with Gasteiger partial charge in [0.2, 0.25) is 0 Å². The van der Waals surface area contributed by atoms with Gasteiger partial charge in [0, 0.05) is 17.5 Å². The maximum absolute atomic E-state index is 12.9. The third kappa shape index (κ3) is 4.10. The van der Waals surface area contributed by atoms with Gasteiger partial charge in [-0.2, -0.15) is 0 Å². The molecule has 0 spiro atoms. The van der Waals surface area contributed by atoms with Crippen LogP contribution in [0.2, 0.25) is 0 Å². The molecule has 1 heterocycles. The molecule has 1 aliphatic rings. The summed E-state index contributed by atoms with van der Waals surface area (Å²) in [6.07, 6.45) is 5.28. The average molecular weight is 405 g/mol. The molecular formula is C24H24N2O2S. The van der Waals surface area contributed by atoms with Gasteiger partial charge in [-0.25, -0.2) is 0 Å². The maximum Gasteiger partial charge on any atom is 0.256 e. The van der Waals surface area contributed by atoms with Gasteiger partial charge >= 0.3 is 0 Å². The van der Waals surface area contributed by atoms with E-state index in [-0.39, 0.29) is 11.8 Å². The molecule has 2 aromatic carbocycles. The van der Waals surface area contributed by atoms with E-state index in [1.807, 2.05) is 54.6 Å². The lowest BCUT2D eigenvalue weighted by molar-refractivity contribution is 0.0963. The van der Waals surface area contributed by atoms with Crippen LogP contribution in [0.15, 0.2) is 54.6 Å². The van der Waals surface area contributed by atoms with Crippen LogP contribution in [-0.2, 0) is 12.8 Å². The highest BCUT2D eigenvalue weighted by Gasteiger charge is 2.25. The molecule has 0 saturated heterocycles. The monoisotopic (exact) mass is 404 g/mol. The van der Waals surface area contributed by atoms with Gasteiger partial charge in [0.15, 0.2) is 0 Å². The Kier molecular flexibility index (Phi) is 5.76. The van der Waals surface area contributed by atoms with Crippen LogP contribution in [0.3, 0.4) is 0 Å². The quantitative estimate of drug-likeness (QED) is 0.580. The second-order valence-electron chi connectivity index (χ2n) is 7.25. The van der Waals surface area contributed by atoms with E-state index < -0.39 is 0 Å². The second kappa shape index (κ2) is 8.62. The van der Waals surface area contributed by atoms with E-state index in [0.717, 1.165) is 42.4 Å². The van der Waals surface area contributed by atoms with Gasteiger partial charge in [-0.15, -0.1) is 11.3 Å². The Hall–Kier alpha value is -2.92. The van der Waals surface area contributed by atoms with E-state index in [9.17, 15) is 9.59 Å². The molecule has 1 aromatic heterocycles. The Labute approximate surface area is 175 Å². The van der Waals surface area contributed by atoms with Crippen LogP contribution in [0.5, 0.6) is 0 Å². The summed E-state index contributed by atoms with van der Waals surface area (Å²) in [5, 5.41) is 6.39. The Morgan fingerprint density at radius 3 is 2.24 bits per heavy atom. The summed E-state index contributed by atoms with van der Waals surface area (Å²) >= 11 is 1.55. The lowest BCUT2D eigenvalue weighted by Crippen LogP contribution is -2.21. The molecule has 29 heavy (non-hydrogen) atoms. The van der Waals surface area contributed by atoms with E-state index in [4.69, 9.17) is 0 Å². The SMILES string of the molecule is CNC(=O)c1c(NC(=O)c2ccc(-c3ccccc3)cc2)sc2c1CCCCC2. The molecule has 2 N–H and O–H groups in total. The molecule has 0 bridgehead atoms. The fraction of sp³-hybridized carbons (Fsp3) is 0.250. The first-order valence-electron chi connectivity index (χ1n) is 10.0. The zero-order chi connectivity index (χ0) is 20.2. The number of aryl methyl sites for hydroxylation is 1. The molecule has 0 atom stereocenters. The van der Waals surface area contributed by atoms with Crippen molar-refractivity contribution in [1.82, 2.24) is 5.32 Å². The molecule has 4 rings (SSSR count). The largest absolute Gasteiger partial charge is 0.355 e. The van der Waals surface area contributed by atoms with Crippen molar-refractivity contribution in [1.29, 1.82) is 0 Å². The zero-order valence-corrected chi connectivity index (χ0v) is 17.3. The summed E-state index contributed by atoms with van der Waals surface area (Å²) in [4.78, 5) is 26.6. The van der Waals surface area contributed by atoms with Gasteiger partial charge in [-0.3, -0.25) is 9.59 Å². The summed E-state index contributed by atoms with van der Waals surface area (Å²) in [7, 11) is 1.64. The van der Waals surface area contributed by atoms with Crippen molar-refractivity contribution in [2.45, 2.75) is 32.1 Å². The first-order chi connectivity index (χ1) is 14.2. The Bertz CT molecular complexity index is 1020. The minimum Gasteiger partial charge on any atom is -0.355 e. The van der Waals surface area contributed by atoms with Gasteiger partial charge in [-0.05, 0) is 54.5 Å². The van der Waals surface area contributed by atoms with Crippen LogP contribution in [0.25, 0.3) is 11.1 Å². The number of carbonyl (C=O) groups is 2. The van der Waals surface area contributed by atoms with Gasteiger partial charge in [0.05, 0.1) is 5.56 Å². The van der Waals surface area contributed by atoms with Gasteiger partial charge in [0.25, 0.3) is 11.8 Å². The highest BCUT2D eigenvalue weighted by molar-refractivity contribution is 7.17. The highest BCUT2D eigenvalue weighted by atomic mass is 32.1. The van der Waals surface area contributed by atoms with E-state index in [1.54, 1.807) is 18.4 Å². The first-order valence-corrected chi connectivity index (χ1v) is 10.8. The number of anilines is 1. The van der Waals surface area contributed by atoms with Crippen molar-refractivity contribution in [3.63, 3.8) is 0 Å². The normalized spacial score (nSPS) is 13.3. The van der Waals surface area contributed by atoms with Crippen molar-refractivity contribution in [2.75, 3.05) is 12.4 Å². The maximum atomic E-state index is 12.9. The molecule has 5 heteroatoms. The second-order valence-corrected chi connectivity index (χ2v) is 8.35. The molecule has 148 valence electrons. The number of carbonyl (C=O) groups excluding carboxylic acids is 2. The number of rotatable bonds is 4. The number of benzene rings is 2. The van der Waals surface area contributed by atoms with Crippen LogP contribution in [-0.4, -0.2) is 18.9 Å². The minimum absolute atomic E-state index is 0.126. The number of thiophene rings is 1. The molecular weight excluding hydrogens is 380 g/mol. The van der Waals surface area contributed by atoms with Gasteiger partial charge in [0.1, 0.15) is 5.00 Å². The van der Waals surface area contributed by atoms with E-state index in [1.165, 1.54) is 11.3 Å². The van der Waals surface area contributed by atoms with Crippen LogP contribution >= 0.6 is 11.3 Å². The lowest BCUT2D eigenvalue weighted by atomic mass is 10.0. The third-order valence-electron chi connectivity index (χ3n) is 5.36. The number of nitrogens with one attached hydrogen (secondary N) is 2. The van der Waals surface area contributed by atoms with Crippen LogP contribution in [0, 0.1) is 0 Å². The van der Waals surface area contributed by atoms with Crippen molar-refractivity contribution < 1.29 is 9.59 Å². The summed E-state index contributed by atoms with van der Waals surface area (Å²) in [6.45, 7) is 0. The smallest absolute Gasteiger partial charge is 0.256 e. The number of hydrogen-bond acceptors (Lipinski definition) is 3. The molecule has 0 aliphatic heterocycles. The summed E-state index contributed by atoms with van der Waals surface area (Å²) in [6, 6.07) is 17.6. The Morgan fingerprint density at radius 1 is 0.828 bits per heavy atom. The summed E-state index contributed by atoms with van der Waals surface area (Å²) in [5.41, 5.74) is 4.51. The topological polar surface area (TPSA) is 58.2 Å². The van der Waals surface area contributed by atoms with Crippen molar-refractivity contribution in [3.8, 4) is 11.1 Å². The first kappa shape index (κ1) is 19.4. The van der Waals surface area contributed by atoms with Gasteiger partial charge < -0.3 is 10.6 Å². The predicted molar refractivity (Wildman–Crippen MR) is 119 cm³/mol.